The van der Waals surface area contributed by atoms with Gasteiger partial charge in [-0.05, 0) is 54.4 Å². The van der Waals surface area contributed by atoms with Crippen molar-refractivity contribution < 1.29 is 9.13 Å². The highest BCUT2D eigenvalue weighted by atomic mass is 79.9. The number of ether oxygens (including phenoxy) is 1. The van der Waals surface area contributed by atoms with Crippen molar-refractivity contribution in [3.63, 3.8) is 0 Å². The molecule has 2 nitrogen and oxygen atoms in total. The molecule has 0 aliphatic carbocycles. The van der Waals surface area contributed by atoms with Crippen molar-refractivity contribution in [3.8, 4) is 5.75 Å². The van der Waals surface area contributed by atoms with Crippen LogP contribution in [-0.4, -0.2) is 18.7 Å². The minimum Gasteiger partial charge on any atom is -0.489 e. The first kappa shape index (κ1) is 15.4. The van der Waals surface area contributed by atoms with Gasteiger partial charge in [-0.2, -0.15) is 0 Å². The summed E-state index contributed by atoms with van der Waals surface area (Å²) in [5.74, 6) is 0.408. The molecule has 1 N–H and O–H groups in total. The Kier molecular flexibility index (Phi) is 6.65. The van der Waals surface area contributed by atoms with E-state index < -0.39 is 0 Å². The van der Waals surface area contributed by atoms with E-state index in [0.717, 1.165) is 13.0 Å². The summed E-state index contributed by atoms with van der Waals surface area (Å²) < 4.78 is 19.2. The molecule has 0 heterocycles. The van der Waals surface area contributed by atoms with Gasteiger partial charge in [0, 0.05) is 12.6 Å². The van der Waals surface area contributed by atoms with Gasteiger partial charge >= 0.3 is 0 Å². The number of rotatable bonds is 7. The molecule has 0 aromatic heterocycles. The lowest BCUT2D eigenvalue weighted by molar-refractivity contribution is 0.211. The second-order valence-corrected chi connectivity index (χ2v) is 5.46. The number of halogens is 2. The molecule has 0 radical (unpaired) electrons. The summed E-state index contributed by atoms with van der Waals surface area (Å²) in [6, 6.07) is 5.20. The zero-order chi connectivity index (χ0) is 13.5. The Morgan fingerprint density at radius 1 is 1.39 bits per heavy atom. The molecule has 18 heavy (non-hydrogen) atoms. The van der Waals surface area contributed by atoms with Crippen LogP contribution in [0, 0.1) is 5.82 Å². The fourth-order valence-corrected chi connectivity index (χ4v) is 2.08. The topological polar surface area (TPSA) is 21.3 Å². The lowest BCUT2D eigenvalue weighted by atomic mass is 10.2. The van der Waals surface area contributed by atoms with E-state index >= 15 is 0 Å². The fourth-order valence-electron chi connectivity index (χ4n) is 1.73. The predicted octanol–water partition coefficient (Wildman–Crippen LogP) is 4.13. The van der Waals surface area contributed by atoms with Crippen LogP contribution in [0.25, 0.3) is 0 Å². The van der Waals surface area contributed by atoms with Crippen molar-refractivity contribution in [2.75, 3.05) is 6.54 Å². The van der Waals surface area contributed by atoms with Gasteiger partial charge in [0.05, 0.1) is 4.47 Å². The van der Waals surface area contributed by atoms with Crippen LogP contribution in [0.1, 0.15) is 33.6 Å². The van der Waals surface area contributed by atoms with Crippen molar-refractivity contribution in [1.29, 1.82) is 0 Å². The molecule has 4 heteroatoms. The van der Waals surface area contributed by atoms with Gasteiger partial charge in [-0.25, -0.2) is 4.39 Å². The molecule has 2 unspecified atom stereocenters. The van der Waals surface area contributed by atoms with Gasteiger partial charge in [-0.1, -0.05) is 13.3 Å². The van der Waals surface area contributed by atoms with Crippen LogP contribution in [0.3, 0.4) is 0 Å². The molecule has 0 bridgehead atoms. The van der Waals surface area contributed by atoms with Crippen LogP contribution < -0.4 is 10.1 Å². The first-order chi connectivity index (χ1) is 8.52. The van der Waals surface area contributed by atoms with Gasteiger partial charge in [0.1, 0.15) is 17.7 Å². The van der Waals surface area contributed by atoms with E-state index in [2.05, 4.69) is 35.1 Å². The second kappa shape index (κ2) is 7.74. The van der Waals surface area contributed by atoms with Crippen LogP contribution in [0.2, 0.25) is 0 Å². The molecule has 0 aliphatic heterocycles. The Bertz CT molecular complexity index is 373. The molecular formula is C14H21BrFNO. The van der Waals surface area contributed by atoms with Gasteiger partial charge in [-0.3, -0.25) is 0 Å². The molecule has 0 fully saturated rings. The van der Waals surface area contributed by atoms with E-state index in [0.29, 0.717) is 16.3 Å². The Morgan fingerprint density at radius 3 is 2.72 bits per heavy atom. The molecule has 102 valence electrons. The molecule has 0 aliphatic rings. The Balaban J connectivity index is 2.39. The smallest absolute Gasteiger partial charge is 0.137 e. The minimum atomic E-state index is -0.273. The summed E-state index contributed by atoms with van der Waals surface area (Å²) in [5.41, 5.74) is 0. The van der Waals surface area contributed by atoms with Gasteiger partial charge in [-0.15, -0.1) is 0 Å². The number of hydrogen-bond donors (Lipinski definition) is 1. The standard InChI is InChI=1S/C14H21BrFNO/c1-4-5-10(2)17-9-11(3)18-12-6-7-14(16)13(15)8-12/h6-8,10-11,17H,4-5,9H2,1-3H3. The molecule has 0 saturated heterocycles. The highest BCUT2D eigenvalue weighted by molar-refractivity contribution is 9.10. The SMILES string of the molecule is CCCC(C)NCC(C)Oc1ccc(F)c(Br)c1. The summed E-state index contributed by atoms with van der Waals surface area (Å²) in [4.78, 5) is 0. The van der Waals surface area contributed by atoms with E-state index in [9.17, 15) is 4.39 Å². The van der Waals surface area contributed by atoms with E-state index in [1.54, 1.807) is 12.1 Å². The first-order valence-electron chi connectivity index (χ1n) is 6.38. The molecule has 1 aromatic carbocycles. The average molecular weight is 318 g/mol. The molecule has 1 aromatic rings. The Hall–Kier alpha value is -0.610. The minimum absolute atomic E-state index is 0.0571. The molecule has 0 amide bonds. The lowest BCUT2D eigenvalue weighted by Gasteiger charge is -2.19. The predicted molar refractivity (Wildman–Crippen MR) is 76.6 cm³/mol. The summed E-state index contributed by atoms with van der Waals surface area (Å²) >= 11 is 3.15. The quantitative estimate of drug-likeness (QED) is 0.816. The largest absolute Gasteiger partial charge is 0.489 e. The van der Waals surface area contributed by atoms with Gasteiger partial charge in [0.2, 0.25) is 0 Å². The van der Waals surface area contributed by atoms with Crippen LogP contribution in [0.5, 0.6) is 5.75 Å². The number of nitrogens with one attached hydrogen (secondary N) is 1. The van der Waals surface area contributed by atoms with Crippen LogP contribution >= 0.6 is 15.9 Å². The third kappa shape index (κ3) is 5.36. The lowest BCUT2D eigenvalue weighted by Crippen LogP contribution is -2.34. The average Bonchev–Trinajstić information content (AvgIpc) is 2.32. The normalized spacial score (nSPS) is 14.3. The van der Waals surface area contributed by atoms with Gasteiger partial charge in [0.15, 0.2) is 0 Å². The zero-order valence-corrected chi connectivity index (χ0v) is 12.8. The Morgan fingerprint density at radius 2 is 2.11 bits per heavy atom. The van der Waals surface area contributed by atoms with Crippen molar-refractivity contribution in [2.24, 2.45) is 0 Å². The van der Waals surface area contributed by atoms with Crippen LogP contribution in [0.15, 0.2) is 22.7 Å². The zero-order valence-electron chi connectivity index (χ0n) is 11.2. The van der Waals surface area contributed by atoms with Crippen molar-refractivity contribution >= 4 is 15.9 Å². The summed E-state index contributed by atoms with van der Waals surface area (Å²) in [6.45, 7) is 7.14. The van der Waals surface area contributed by atoms with E-state index in [4.69, 9.17) is 4.74 Å². The molecule has 0 saturated carbocycles. The van der Waals surface area contributed by atoms with E-state index in [1.165, 1.54) is 12.5 Å². The molecule has 0 spiro atoms. The fraction of sp³-hybridized carbons (Fsp3) is 0.571. The van der Waals surface area contributed by atoms with Crippen molar-refractivity contribution in [3.05, 3.63) is 28.5 Å². The van der Waals surface area contributed by atoms with Gasteiger partial charge in [0.25, 0.3) is 0 Å². The highest BCUT2D eigenvalue weighted by Crippen LogP contribution is 2.22. The maximum Gasteiger partial charge on any atom is 0.137 e. The second-order valence-electron chi connectivity index (χ2n) is 4.60. The highest BCUT2D eigenvalue weighted by Gasteiger charge is 2.08. The van der Waals surface area contributed by atoms with Gasteiger partial charge < -0.3 is 10.1 Å². The van der Waals surface area contributed by atoms with Crippen molar-refractivity contribution in [2.45, 2.75) is 45.8 Å². The molecule has 1 rings (SSSR count). The summed E-state index contributed by atoms with van der Waals surface area (Å²) in [5, 5.41) is 3.42. The number of hydrogen-bond acceptors (Lipinski definition) is 2. The Labute approximate surface area is 117 Å². The third-order valence-electron chi connectivity index (χ3n) is 2.70. The van der Waals surface area contributed by atoms with Crippen molar-refractivity contribution in [1.82, 2.24) is 5.32 Å². The maximum atomic E-state index is 13.1. The summed E-state index contributed by atoms with van der Waals surface area (Å²) in [6.07, 6.45) is 2.39. The van der Waals surface area contributed by atoms with E-state index in [-0.39, 0.29) is 11.9 Å². The van der Waals surface area contributed by atoms with Crippen LogP contribution in [-0.2, 0) is 0 Å². The number of benzene rings is 1. The molecule has 2 atom stereocenters. The van der Waals surface area contributed by atoms with Crippen LogP contribution in [0.4, 0.5) is 4.39 Å². The monoisotopic (exact) mass is 317 g/mol. The third-order valence-corrected chi connectivity index (χ3v) is 3.31. The maximum absolute atomic E-state index is 13.1. The molecular weight excluding hydrogens is 297 g/mol. The van der Waals surface area contributed by atoms with E-state index in [1.807, 2.05) is 6.92 Å². The summed E-state index contributed by atoms with van der Waals surface area (Å²) in [7, 11) is 0. The first-order valence-corrected chi connectivity index (χ1v) is 7.17.